The van der Waals surface area contributed by atoms with Crippen LogP contribution in [0.4, 0.5) is 0 Å². The Kier molecular flexibility index (Phi) is 5.19. The van der Waals surface area contributed by atoms with Crippen molar-refractivity contribution in [3.8, 4) is 0 Å². The predicted molar refractivity (Wildman–Crippen MR) is 99.1 cm³/mol. The van der Waals surface area contributed by atoms with Crippen molar-refractivity contribution < 1.29 is 14.3 Å². The van der Waals surface area contributed by atoms with Gasteiger partial charge in [0.1, 0.15) is 0 Å². The zero-order valence-corrected chi connectivity index (χ0v) is 14.9. The molecule has 0 saturated carbocycles. The maximum absolute atomic E-state index is 11.6. The molecular weight excluding hydrogens is 314 g/mol. The van der Waals surface area contributed by atoms with Gasteiger partial charge in [0.2, 0.25) is 0 Å². The number of fused-ring (bicyclic) bond motifs is 1. The van der Waals surface area contributed by atoms with Crippen molar-refractivity contribution in [3.63, 3.8) is 0 Å². The molecule has 0 spiro atoms. The zero-order chi connectivity index (χ0) is 17.8. The Morgan fingerprint density at radius 2 is 1.76 bits per heavy atom. The Balaban J connectivity index is 1.96. The lowest BCUT2D eigenvalue weighted by atomic mass is 10.0. The van der Waals surface area contributed by atoms with Crippen LogP contribution in [0, 0.1) is 6.92 Å². The number of rotatable bonds is 6. The summed E-state index contributed by atoms with van der Waals surface area (Å²) in [4.78, 5) is 11.6. The number of para-hydroxylation sites is 1. The maximum Gasteiger partial charge on any atom is 0.337 e. The van der Waals surface area contributed by atoms with Gasteiger partial charge < -0.3 is 14.0 Å². The minimum Gasteiger partial charge on any atom is -0.465 e. The summed E-state index contributed by atoms with van der Waals surface area (Å²) in [6.07, 6.45) is 0.827. The van der Waals surface area contributed by atoms with E-state index in [4.69, 9.17) is 9.47 Å². The van der Waals surface area contributed by atoms with Crippen molar-refractivity contribution in [1.29, 1.82) is 0 Å². The summed E-state index contributed by atoms with van der Waals surface area (Å²) in [6.45, 7) is 3.69. The minimum atomic E-state index is -0.307. The Bertz CT molecular complexity index is 878. The molecule has 0 saturated heterocycles. The number of carbonyl (C=O) groups excluding carboxylic acids is 1. The van der Waals surface area contributed by atoms with Crippen LogP contribution in [0.25, 0.3) is 10.9 Å². The second kappa shape index (κ2) is 7.53. The standard InChI is InChI=1S/C21H23NO3/c1-15-19(14-16-8-10-17(11-9-16)21(23)25-3)18-6-4-5-7-20(18)22(15)12-13-24-2/h4-11H,12-14H2,1-3H3. The molecule has 0 amide bonds. The van der Waals surface area contributed by atoms with Gasteiger partial charge in [-0.1, -0.05) is 30.3 Å². The average molecular weight is 337 g/mol. The lowest BCUT2D eigenvalue weighted by Crippen LogP contribution is -2.06. The van der Waals surface area contributed by atoms with Crippen molar-refractivity contribution >= 4 is 16.9 Å². The highest BCUT2D eigenvalue weighted by molar-refractivity contribution is 5.89. The highest BCUT2D eigenvalue weighted by atomic mass is 16.5. The van der Waals surface area contributed by atoms with E-state index in [1.165, 1.54) is 34.8 Å². The van der Waals surface area contributed by atoms with Crippen LogP contribution in [-0.2, 0) is 22.4 Å². The van der Waals surface area contributed by atoms with Crippen molar-refractivity contribution in [2.24, 2.45) is 0 Å². The van der Waals surface area contributed by atoms with Gasteiger partial charge in [-0.05, 0) is 42.7 Å². The molecule has 0 bridgehead atoms. The molecular formula is C21H23NO3. The van der Waals surface area contributed by atoms with Crippen LogP contribution < -0.4 is 0 Å². The first-order chi connectivity index (χ1) is 12.2. The second-order valence-corrected chi connectivity index (χ2v) is 6.09. The first kappa shape index (κ1) is 17.2. The topological polar surface area (TPSA) is 40.5 Å². The van der Waals surface area contributed by atoms with E-state index in [0.717, 1.165) is 13.0 Å². The highest BCUT2D eigenvalue weighted by Crippen LogP contribution is 2.28. The number of aromatic nitrogens is 1. The number of esters is 1. The van der Waals surface area contributed by atoms with Crippen LogP contribution >= 0.6 is 0 Å². The Morgan fingerprint density at radius 3 is 2.44 bits per heavy atom. The van der Waals surface area contributed by atoms with Gasteiger partial charge in [0.15, 0.2) is 0 Å². The van der Waals surface area contributed by atoms with E-state index in [1.807, 2.05) is 24.3 Å². The minimum absolute atomic E-state index is 0.307. The summed E-state index contributed by atoms with van der Waals surface area (Å²) in [6, 6.07) is 16.1. The van der Waals surface area contributed by atoms with Crippen LogP contribution in [0.15, 0.2) is 48.5 Å². The lowest BCUT2D eigenvalue weighted by molar-refractivity contribution is 0.0600. The van der Waals surface area contributed by atoms with Crippen molar-refractivity contribution in [1.82, 2.24) is 4.57 Å². The van der Waals surface area contributed by atoms with Crippen molar-refractivity contribution in [3.05, 3.63) is 70.9 Å². The number of carbonyl (C=O) groups is 1. The van der Waals surface area contributed by atoms with Crippen LogP contribution in [-0.4, -0.2) is 31.4 Å². The molecule has 3 aromatic rings. The molecule has 2 aromatic carbocycles. The molecule has 0 aliphatic rings. The number of ether oxygens (including phenoxy) is 2. The molecule has 130 valence electrons. The second-order valence-electron chi connectivity index (χ2n) is 6.09. The van der Waals surface area contributed by atoms with Gasteiger partial charge in [0.05, 0.1) is 19.3 Å². The molecule has 1 heterocycles. The number of methoxy groups -OCH3 is 2. The summed E-state index contributed by atoms with van der Waals surface area (Å²) in [5.74, 6) is -0.307. The van der Waals surface area contributed by atoms with Crippen molar-refractivity contribution in [2.75, 3.05) is 20.8 Å². The summed E-state index contributed by atoms with van der Waals surface area (Å²) >= 11 is 0. The highest BCUT2D eigenvalue weighted by Gasteiger charge is 2.14. The fourth-order valence-electron chi connectivity index (χ4n) is 3.28. The third-order valence-corrected chi connectivity index (χ3v) is 4.64. The first-order valence-corrected chi connectivity index (χ1v) is 8.38. The van der Waals surface area contributed by atoms with Gasteiger partial charge in [0, 0.05) is 30.3 Å². The van der Waals surface area contributed by atoms with Gasteiger partial charge in [-0.3, -0.25) is 0 Å². The van der Waals surface area contributed by atoms with Gasteiger partial charge in [0.25, 0.3) is 0 Å². The van der Waals surface area contributed by atoms with E-state index in [2.05, 4.69) is 35.8 Å². The first-order valence-electron chi connectivity index (χ1n) is 8.38. The molecule has 25 heavy (non-hydrogen) atoms. The zero-order valence-electron chi connectivity index (χ0n) is 14.9. The quantitative estimate of drug-likeness (QED) is 0.639. The molecule has 0 N–H and O–H groups in total. The SMILES string of the molecule is COCCn1c(C)c(Cc2ccc(C(=O)OC)cc2)c2ccccc21. The summed E-state index contributed by atoms with van der Waals surface area (Å²) in [5, 5.41) is 1.27. The van der Waals surface area contributed by atoms with Gasteiger partial charge >= 0.3 is 5.97 Å². The van der Waals surface area contributed by atoms with E-state index in [0.29, 0.717) is 12.2 Å². The van der Waals surface area contributed by atoms with Gasteiger partial charge in [-0.25, -0.2) is 4.79 Å². The molecule has 0 radical (unpaired) electrons. The average Bonchev–Trinajstić information content (AvgIpc) is 2.91. The molecule has 3 rings (SSSR count). The van der Waals surface area contributed by atoms with Gasteiger partial charge in [-0.2, -0.15) is 0 Å². The molecule has 1 aromatic heterocycles. The van der Waals surface area contributed by atoms with E-state index in [9.17, 15) is 4.79 Å². The largest absolute Gasteiger partial charge is 0.465 e. The Morgan fingerprint density at radius 1 is 1.04 bits per heavy atom. The van der Waals surface area contributed by atoms with Crippen LogP contribution in [0.1, 0.15) is 27.2 Å². The molecule has 0 atom stereocenters. The fourth-order valence-corrected chi connectivity index (χ4v) is 3.28. The third kappa shape index (κ3) is 3.44. The summed E-state index contributed by atoms with van der Waals surface area (Å²) in [5.41, 5.74) is 5.56. The number of nitrogens with zero attached hydrogens (tertiary/aromatic N) is 1. The molecule has 4 nitrogen and oxygen atoms in total. The summed E-state index contributed by atoms with van der Waals surface area (Å²) < 4.78 is 12.3. The normalized spacial score (nSPS) is 11.0. The molecule has 0 aliphatic carbocycles. The van der Waals surface area contributed by atoms with Crippen LogP contribution in [0.2, 0.25) is 0 Å². The van der Waals surface area contributed by atoms with Crippen molar-refractivity contribution in [2.45, 2.75) is 19.9 Å². The third-order valence-electron chi connectivity index (χ3n) is 4.64. The molecule has 0 unspecified atom stereocenters. The Hall–Kier alpha value is -2.59. The van der Waals surface area contributed by atoms with E-state index in [-0.39, 0.29) is 5.97 Å². The number of hydrogen-bond donors (Lipinski definition) is 0. The molecule has 0 aliphatic heterocycles. The van der Waals surface area contributed by atoms with E-state index < -0.39 is 0 Å². The van der Waals surface area contributed by atoms with Crippen LogP contribution in [0.3, 0.4) is 0 Å². The fraction of sp³-hybridized carbons (Fsp3) is 0.286. The lowest BCUT2D eigenvalue weighted by Gasteiger charge is -2.08. The molecule has 0 fully saturated rings. The van der Waals surface area contributed by atoms with Crippen LogP contribution in [0.5, 0.6) is 0 Å². The summed E-state index contributed by atoms with van der Waals surface area (Å²) in [7, 11) is 3.12. The Labute approximate surface area is 148 Å². The van der Waals surface area contributed by atoms with Gasteiger partial charge in [-0.15, -0.1) is 0 Å². The van der Waals surface area contributed by atoms with E-state index in [1.54, 1.807) is 7.11 Å². The predicted octanol–water partition coefficient (Wildman–Crippen LogP) is 3.97. The smallest absolute Gasteiger partial charge is 0.337 e. The molecule has 4 heteroatoms. The number of hydrogen-bond acceptors (Lipinski definition) is 3. The number of benzene rings is 2. The monoisotopic (exact) mass is 337 g/mol. The maximum atomic E-state index is 11.6. The van der Waals surface area contributed by atoms with E-state index >= 15 is 0 Å².